The van der Waals surface area contributed by atoms with E-state index in [2.05, 4.69) is 27.1 Å². The third kappa shape index (κ3) is 4.56. The lowest BCUT2D eigenvalue weighted by Crippen LogP contribution is -2.44. The van der Waals surface area contributed by atoms with Crippen LogP contribution in [0.15, 0.2) is 72.9 Å². The molecule has 0 radical (unpaired) electrons. The van der Waals surface area contributed by atoms with Crippen molar-refractivity contribution >= 4 is 28.3 Å². The van der Waals surface area contributed by atoms with Crippen LogP contribution in [0.2, 0.25) is 0 Å². The average Bonchev–Trinajstić information content (AvgIpc) is 2.85. The first-order chi connectivity index (χ1) is 16.1. The van der Waals surface area contributed by atoms with E-state index >= 15 is 0 Å². The van der Waals surface area contributed by atoms with Crippen molar-refractivity contribution in [3.05, 3.63) is 84.1 Å². The summed E-state index contributed by atoms with van der Waals surface area (Å²) >= 11 is 0. The molecule has 0 spiro atoms. The Bertz CT molecular complexity index is 1280. The molecule has 2 aromatic heterocycles. The maximum Gasteiger partial charge on any atom is 0.256 e. The lowest BCUT2D eigenvalue weighted by atomic mass is 10.0. The number of nitrogens with one attached hydrogen (secondary N) is 1. The summed E-state index contributed by atoms with van der Waals surface area (Å²) in [6.07, 6.45) is 1.73. The van der Waals surface area contributed by atoms with E-state index in [4.69, 9.17) is 4.98 Å². The molecule has 1 saturated heterocycles. The van der Waals surface area contributed by atoms with Gasteiger partial charge < -0.3 is 15.1 Å². The number of piperazine rings is 1. The van der Waals surface area contributed by atoms with Gasteiger partial charge in [-0.2, -0.15) is 0 Å². The molecule has 3 heterocycles. The summed E-state index contributed by atoms with van der Waals surface area (Å²) in [4.78, 5) is 27.4. The molecule has 0 aliphatic carbocycles. The Morgan fingerprint density at radius 3 is 2.45 bits per heavy atom. The van der Waals surface area contributed by atoms with Crippen LogP contribution in [0.25, 0.3) is 22.2 Å². The smallest absolute Gasteiger partial charge is 0.256 e. The molecule has 1 aliphatic rings. The van der Waals surface area contributed by atoms with Gasteiger partial charge in [-0.3, -0.25) is 4.79 Å². The maximum absolute atomic E-state index is 13.4. The number of amides is 1. The van der Waals surface area contributed by atoms with Gasteiger partial charge >= 0.3 is 0 Å². The van der Waals surface area contributed by atoms with Gasteiger partial charge in [0.15, 0.2) is 0 Å². The van der Waals surface area contributed by atoms with E-state index in [0.29, 0.717) is 11.3 Å². The molecule has 0 atom stereocenters. The fourth-order valence-corrected chi connectivity index (χ4v) is 4.17. The second-order valence-corrected chi connectivity index (χ2v) is 8.59. The van der Waals surface area contributed by atoms with Crippen molar-refractivity contribution in [3.63, 3.8) is 0 Å². The molecule has 5 rings (SSSR count). The zero-order chi connectivity index (χ0) is 22.8. The van der Waals surface area contributed by atoms with Gasteiger partial charge in [0.1, 0.15) is 5.82 Å². The van der Waals surface area contributed by atoms with Crippen LogP contribution in [0.4, 0.5) is 11.5 Å². The third-order valence-corrected chi connectivity index (χ3v) is 6.11. The second kappa shape index (κ2) is 9.00. The van der Waals surface area contributed by atoms with Gasteiger partial charge in [0.2, 0.25) is 0 Å². The molecule has 1 fully saturated rings. The Balaban J connectivity index is 1.43. The maximum atomic E-state index is 13.4. The molecule has 2 aromatic carbocycles. The minimum absolute atomic E-state index is 0.167. The quantitative estimate of drug-likeness (QED) is 0.505. The highest BCUT2D eigenvalue weighted by Gasteiger charge is 2.17. The predicted octanol–water partition coefficient (Wildman–Crippen LogP) is 4.61. The number of aromatic nitrogens is 2. The Morgan fingerprint density at radius 2 is 1.73 bits per heavy atom. The van der Waals surface area contributed by atoms with Gasteiger partial charge in [-0.15, -0.1) is 0 Å². The number of rotatable bonds is 4. The third-order valence-electron chi connectivity index (χ3n) is 6.11. The first-order valence-corrected chi connectivity index (χ1v) is 11.2. The van der Waals surface area contributed by atoms with E-state index in [-0.39, 0.29) is 5.91 Å². The minimum Gasteiger partial charge on any atom is -0.354 e. The van der Waals surface area contributed by atoms with Gasteiger partial charge in [0, 0.05) is 37.1 Å². The molecule has 33 heavy (non-hydrogen) atoms. The number of anilines is 2. The van der Waals surface area contributed by atoms with Crippen LogP contribution in [-0.2, 0) is 0 Å². The summed E-state index contributed by atoms with van der Waals surface area (Å²) in [5.41, 5.74) is 4.93. The van der Waals surface area contributed by atoms with E-state index in [1.165, 1.54) is 0 Å². The van der Waals surface area contributed by atoms with Crippen LogP contribution in [0.3, 0.4) is 0 Å². The molecule has 6 nitrogen and oxygen atoms in total. The molecular formula is C27H27N5O. The fourth-order valence-electron chi connectivity index (χ4n) is 4.17. The van der Waals surface area contributed by atoms with Crippen molar-refractivity contribution < 1.29 is 4.79 Å². The number of benzene rings is 2. The molecule has 1 amide bonds. The summed E-state index contributed by atoms with van der Waals surface area (Å²) in [7, 11) is 2.14. The number of fused-ring (bicyclic) bond motifs is 1. The summed E-state index contributed by atoms with van der Waals surface area (Å²) in [5.74, 6) is 0.775. The highest BCUT2D eigenvalue weighted by molar-refractivity contribution is 6.13. The van der Waals surface area contributed by atoms with Gasteiger partial charge in [-0.1, -0.05) is 42.0 Å². The zero-order valence-corrected chi connectivity index (χ0v) is 19.0. The SMILES string of the molecule is Cc1ccc2nc(-c3ccccc3)cc(C(=O)Nc3ccc(N4CCN(C)CC4)nc3)c2c1. The summed E-state index contributed by atoms with van der Waals surface area (Å²) in [6.45, 7) is 5.99. The Morgan fingerprint density at radius 1 is 0.939 bits per heavy atom. The molecule has 166 valence electrons. The molecule has 0 bridgehead atoms. The van der Waals surface area contributed by atoms with Crippen molar-refractivity contribution in [2.75, 3.05) is 43.4 Å². The number of hydrogen-bond donors (Lipinski definition) is 1. The molecule has 1 N–H and O–H groups in total. The standard InChI is InChI=1S/C27H27N5O/c1-19-8-10-24-22(16-19)23(17-25(30-24)20-6-4-3-5-7-20)27(33)29-21-9-11-26(28-18-21)32-14-12-31(2)13-15-32/h3-11,16-18H,12-15H2,1-2H3,(H,29,33). The van der Waals surface area contributed by atoms with Crippen molar-refractivity contribution in [2.24, 2.45) is 0 Å². The van der Waals surface area contributed by atoms with Gasteiger partial charge in [0.05, 0.1) is 28.7 Å². The highest BCUT2D eigenvalue weighted by atomic mass is 16.1. The Labute approximate surface area is 193 Å². The number of carbonyl (C=O) groups excluding carboxylic acids is 1. The van der Waals surface area contributed by atoms with Crippen LogP contribution in [0, 0.1) is 6.92 Å². The van der Waals surface area contributed by atoms with E-state index in [0.717, 1.165) is 59.7 Å². The highest BCUT2D eigenvalue weighted by Crippen LogP contribution is 2.26. The molecular weight excluding hydrogens is 410 g/mol. The number of carbonyl (C=O) groups is 1. The first kappa shape index (κ1) is 21.1. The lowest BCUT2D eigenvalue weighted by Gasteiger charge is -2.33. The molecule has 0 saturated carbocycles. The predicted molar refractivity (Wildman–Crippen MR) is 134 cm³/mol. The lowest BCUT2D eigenvalue weighted by molar-refractivity contribution is 0.102. The topological polar surface area (TPSA) is 61.4 Å². The van der Waals surface area contributed by atoms with Gasteiger partial charge in [-0.25, -0.2) is 9.97 Å². The van der Waals surface area contributed by atoms with Crippen molar-refractivity contribution in [2.45, 2.75) is 6.92 Å². The number of pyridine rings is 2. The number of likely N-dealkylation sites (N-methyl/N-ethyl adjacent to an activating group) is 1. The van der Waals surface area contributed by atoms with Gasteiger partial charge in [0.25, 0.3) is 5.91 Å². The second-order valence-electron chi connectivity index (χ2n) is 8.59. The van der Waals surface area contributed by atoms with Crippen molar-refractivity contribution in [3.8, 4) is 11.3 Å². The monoisotopic (exact) mass is 437 g/mol. The van der Waals surface area contributed by atoms with E-state index in [1.807, 2.05) is 73.7 Å². The van der Waals surface area contributed by atoms with Gasteiger partial charge in [-0.05, 0) is 44.3 Å². The van der Waals surface area contributed by atoms with Crippen molar-refractivity contribution in [1.82, 2.24) is 14.9 Å². The number of aryl methyl sites for hydroxylation is 1. The number of nitrogens with zero attached hydrogens (tertiary/aromatic N) is 4. The van der Waals surface area contributed by atoms with Crippen molar-refractivity contribution in [1.29, 1.82) is 0 Å². The normalized spacial score (nSPS) is 14.4. The van der Waals surface area contributed by atoms with Crippen LogP contribution in [0.1, 0.15) is 15.9 Å². The largest absolute Gasteiger partial charge is 0.354 e. The fraction of sp³-hybridized carbons (Fsp3) is 0.222. The molecule has 4 aromatic rings. The Kier molecular flexibility index (Phi) is 5.75. The number of hydrogen-bond acceptors (Lipinski definition) is 5. The van der Waals surface area contributed by atoms with Crippen LogP contribution in [-0.4, -0.2) is 54.0 Å². The molecule has 0 unspecified atom stereocenters. The Hall–Kier alpha value is -3.77. The van der Waals surface area contributed by atoms with Crippen LogP contribution >= 0.6 is 0 Å². The first-order valence-electron chi connectivity index (χ1n) is 11.2. The molecule has 1 aliphatic heterocycles. The molecule has 6 heteroatoms. The average molecular weight is 438 g/mol. The van der Waals surface area contributed by atoms with Crippen LogP contribution < -0.4 is 10.2 Å². The van der Waals surface area contributed by atoms with E-state index in [1.54, 1.807) is 6.20 Å². The van der Waals surface area contributed by atoms with E-state index < -0.39 is 0 Å². The van der Waals surface area contributed by atoms with E-state index in [9.17, 15) is 4.79 Å². The zero-order valence-electron chi connectivity index (χ0n) is 19.0. The summed E-state index contributed by atoms with van der Waals surface area (Å²) in [6, 6.07) is 21.7. The summed E-state index contributed by atoms with van der Waals surface area (Å²) < 4.78 is 0. The van der Waals surface area contributed by atoms with Crippen LogP contribution in [0.5, 0.6) is 0 Å². The summed E-state index contributed by atoms with van der Waals surface area (Å²) in [5, 5.41) is 3.87. The minimum atomic E-state index is -0.167.